The van der Waals surface area contributed by atoms with Crippen LogP contribution < -0.4 is 0 Å². The Morgan fingerprint density at radius 3 is 1.72 bits per heavy atom. The van der Waals surface area contributed by atoms with Gasteiger partial charge in [-0.3, -0.25) is 9.97 Å². The average Bonchev–Trinajstić information content (AvgIpc) is 3.65. The minimum atomic E-state index is 0.625. The standard InChI is InChI=1S/C47H29N5O/c1-3-11-30(12-4-1)31-19-21-33(22-20-31)43-37-17-7-8-18-39(37)51-47(52-43)34-23-24-40-38(27-34)46-42(44(50-40)32-13-5-2-6-14-32)41(35-15-9-25-48-28-35)45(53-46)36-16-10-26-49-29-36/h1-29H. The quantitative estimate of drug-likeness (QED) is 0.174. The minimum absolute atomic E-state index is 0.625. The van der Waals surface area contributed by atoms with E-state index in [1.54, 1.807) is 12.4 Å². The van der Waals surface area contributed by atoms with E-state index in [1.165, 1.54) is 5.56 Å². The Bertz CT molecular complexity index is 2910. The zero-order valence-corrected chi connectivity index (χ0v) is 28.4. The molecule has 0 spiro atoms. The summed E-state index contributed by atoms with van der Waals surface area (Å²) in [5, 5.41) is 2.77. The zero-order valence-electron chi connectivity index (χ0n) is 28.4. The molecule has 0 unspecified atom stereocenters. The van der Waals surface area contributed by atoms with Gasteiger partial charge in [-0.05, 0) is 53.6 Å². The van der Waals surface area contributed by atoms with E-state index in [4.69, 9.17) is 19.4 Å². The first-order valence-electron chi connectivity index (χ1n) is 17.5. The first-order chi connectivity index (χ1) is 26.3. The molecule has 0 aliphatic rings. The van der Waals surface area contributed by atoms with Crippen LogP contribution in [-0.2, 0) is 0 Å². The number of nitrogens with zero attached hydrogens (tertiary/aromatic N) is 5. The number of furan rings is 1. The summed E-state index contributed by atoms with van der Waals surface area (Å²) >= 11 is 0. The van der Waals surface area contributed by atoms with Crippen LogP contribution in [0.25, 0.3) is 100 Å². The van der Waals surface area contributed by atoms with Crippen molar-refractivity contribution in [3.05, 3.63) is 176 Å². The van der Waals surface area contributed by atoms with Crippen LogP contribution in [-0.4, -0.2) is 24.9 Å². The van der Waals surface area contributed by atoms with Crippen LogP contribution in [0, 0.1) is 0 Å². The molecule has 5 aromatic carbocycles. The van der Waals surface area contributed by atoms with Crippen molar-refractivity contribution in [3.8, 4) is 67.5 Å². The summed E-state index contributed by atoms with van der Waals surface area (Å²) in [6, 6.07) is 51.6. The van der Waals surface area contributed by atoms with Crippen LogP contribution in [0.2, 0.25) is 0 Å². The first kappa shape index (κ1) is 30.5. The van der Waals surface area contributed by atoms with E-state index in [9.17, 15) is 0 Å². The van der Waals surface area contributed by atoms with Crippen molar-refractivity contribution in [2.75, 3.05) is 0 Å². The highest BCUT2D eigenvalue weighted by Crippen LogP contribution is 2.47. The second-order valence-electron chi connectivity index (χ2n) is 12.9. The van der Waals surface area contributed by atoms with Gasteiger partial charge in [-0.25, -0.2) is 15.0 Å². The maximum atomic E-state index is 6.97. The molecule has 10 aromatic rings. The lowest BCUT2D eigenvalue weighted by Gasteiger charge is -2.12. The molecule has 10 rings (SSSR count). The summed E-state index contributed by atoms with van der Waals surface area (Å²) in [5.74, 6) is 1.33. The van der Waals surface area contributed by atoms with Crippen molar-refractivity contribution >= 4 is 32.8 Å². The molecule has 0 saturated heterocycles. The van der Waals surface area contributed by atoms with Gasteiger partial charge in [0.1, 0.15) is 11.3 Å². The summed E-state index contributed by atoms with van der Waals surface area (Å²) in [4.78, 5) is 24.6. The number of para-hydroxylation sites is 1. The van der Waals surface area contributed by atoms with E-state index < -0.39 is 0 Å². The molecule has 0 fully saturated rings. The van der Waals surface area contributed by atoms with Gasteiger partial charge in [0, 0.05) is 68.9 Å². The molecule has 5 heterocycles. The van der Waals surface area contributed by atoms with E-state index in [0.717, 1.165) is 83.1 Å². The van der Waals surface area contributed by atoms with Crippen molar-refractivity contribution < 1.29 is 4.42 Å². The van der Waals surface area contributed by atoms with Gasteiger partial charge in [-0.1, -0.05) is 109 Å². The van der Waals surface area contributed by atoms with Crippen LogP contribution in [0.4, 0.5) is 0 Å². The molecule has 0 aliphatic carbocycles. The largest absolute Gasteiger partial charge is 0.455 e. The lowest BCUT2D eigenvalue weighted by Crippen LogP contribution is -1.96. The Kier molecular flexibility index (Phi) is 7.36. The molecular formula is C47H29N5O. The fourth-order valence-electron chi connectivity index (χ4n) is 7.15. The fourth-order valence-corrected chi connectivity index (χ4v) is 7.15. The van der Waals surface area contributed by atoms with E-state index in [1.807, 2.05) is 79.1 Å². The van der Waals surface area contributed by atoms with E-state index in [-0.39, 0.29) is 0 Å². The van der Waals surface area contributed by atoms with Gasteiger partial charge >= 0.3 is 0 Å². The molecule has 0 atom stereocenters. The fraction of sp³-hybridized carbons (Fsp3) is 0. The number of hydrogen-bond acceptors (Lipinski definition) is 6. The van der Waals surface area contributed by atoms with E-state index in [0.29, 0.717) is 11.6 Å². The van der Waals surface area contributed by atoms with Crippen LogP contribution in [0.15, 0.2) is 181 Å². The lowest BCUT2D eigenvalue weighted by atomic mass is 9.95. The number of aromatic nitrogens is 5. The number of fused-ring (bicyclic) bond motifs is 4. The highest BCUT2D eigenvalue weighted by molar-refractivity contribution is 6.17. The molecule has 0 radical (unpaired) electrons. The monoisotopic (exact) mass is 679 g/mol. The van der Waals surface area contributed by atoms with Crippen LogP contribution in [0.1, 0.15) is 0 Å². The van der Waals surface area contributed by atoms with Crippen LogP contribution >= 0.6 is 0 Å². The Balaban J connectivity index is 1.21. The third-order valence-electron chi connectivity index (χ3n) is 9.67. The predicted molar refractivity (Wildman–Crippen MR) is 213 cm³/mol. The smallest absolute Gasteiger partial charge is 0.160 e. The molecule has 6 nitrogen and oxygen atoms in total. The van der Waals surface area contributed by atoms with Crippen molar-refractivity contribution in [3.63, 3.8) is 0 Å². The topological polar surface area (TPSA) is 77.6 Å². The molecule has 0 bridgehead atoms. The highest BCUT2D eigenvalue weighted by atomic mass is 16.3. The van der Waals surface area contributed by atoms with Crippen molar-refractivity contribution in [2.45, 2.75) is 0 Å². The van der Waals surface area contributed by atoms with Gasteiger partial charge in [0.15, 0.2) is 5.82 Å². The molecule has 0 aliphatic heterocycles. The SMILES string of the molecule is c1ccc(-c2ccc(-c3nc(-c4ccc5nc(-c6ccccc6)c6c(-c7cccnc7)c(-c7cccnc7)oc6c5c4)nc4ccccc34)cc2)cc1. The number of hydrogen-bond donors (Lipinski definition) is 0. The molecule has 0 saturated carbocycles. The summed E-state index contributed by atoms with van der Waals surface area (Å²) in [6.07, 6.45) is 7.25. The second-order valence-corrected chi connectivity index (χ2v) is 12.9. The van der Waals surface area contributed by atoms with Crippen LogP contribution in [0.5, 0.6) is 0 Å². The van der Waals surface area contributed by atoms with Crippen molar-refractivity contribution in [1.82, 2.24) is 24.9 Å². The zero-order chi connectivity index (χ0) is 35.1. The second kappa shape index (κ2) is 12.8. The summed E-state index contributed by atoms with van der Waals surface area (Å²) in [5.41, 5.74) is 12.1. The Labute approximate surface area is 305 Å². The average molecular weight is 680 g/mol. The molecule has 6 heteroatoms. The maximum Gasteiger partial charge on any atom is 0.160 e. The third-order valence-corrected chi connectivity index (χ3v) is 9.67. The number of pyridine rings is 3. The first-order valence-corrected chi connectivity index (χ1v) is 17.5. The van der Waals surface area contributed by atoms with Gasteiger partial charge in [-0.15, -0.1) is 0 Å². The number of rotatable bonds is 6. The number of benzene rings is 5. The molecule has 0 amide bonds. The molecular weight excluding hydrogens is 651 g/mol. The Morgan fingerprint density at radius 2 is 0.981 bits per heavy atom. The van der Waals surface area contributed by atoms with Gasteiger partial charge < -0.3 is 4.42 Å². The summed E-state index contributed by atoms with van der Waals surface area (Å²) < 4.78 is 6.97. The van der Waals surface area contributed by atoms with Gasteiger partial charge in [-0.2, -0.15) is 0 Å². The Morgan fingerprint density at radius 1 is 0.396 bits per heavy atom. The van der Waals surface area contributed by atoms with Crippen molar-refractivity contribution in [1.29, 1.82) is 0 Å². The maximum absolute atomic E-state index is 6.97. The molecule has 0 N–H and O–H groups in total. The van der Waals surface area contributed by atoms with E-state index in [2.05, 4.69) is 94.9 Å². The minimum Gasteiger partial charge on any atom is -0.455 e. The highest BCUT2D eigenvalue weighted by Gasteiger charge is 2.25. The molecule has 53 heavy (non-hydrogen) atoms. The van der Waals surface area contributed by atoms with Gasteiger partial charge in [0.2, 0.25) is 0 Å². The predicted octanol–water partition coefficient (Wildman–Crippen LogP) is 11.7. The Hall–Kier alpha value is -7.31. The summed E-state index contributed by atoms with van der Waals surface area (Å²) in [6.45, 7) is 0. The van der Waals surface area contributed by atoms with Gasteiger partial charge in [0.05, 0.1) is 27.8 Å². The summed E-state index contributed by atoms with van der Waals surface area (Å²) in [7, 11) is 0. The molecule has 5 aromatic heterocycles. The van der Waals surface area contributed by atoms with Gasteiger partial charge in [0.25, 0.3) is 0 Å². The third kappa shape index (κ3) is 5.41. The van der Waals surface area contributed by atoms with Crippen molar-refractivity contribution in [2.24, 2.45) is 0 Å². The van der Waals surface area contributed by atoms with Crippen LogP contribution in [0.3, 0.4) is 0 Å². The lowest BCUT2D eigenvalue weighted by molar-refractivity contribution is 0.635. The normalized spacial score (nSPS) is 11.4. The van der Waals surface area contributed by atoms with E-state index >= 15 is 0 Å². The molecule has 248 valence electrons.